The minimum atomic E-state index is 0.723. The van der Waals surface area contributed by atoms with Crippen molar-refractivity contribution >= 4 is 22.8 Å². The predicted octanol–water partition coefficient (Wildman–Crippen LogP) is 5.95. The van der Waals surface area contributed by atoms with E-state index in [9.17, 15) is 0 Å². The normalized spacial score (nSPS) is 13.5. The van der Waals surface area contributed by atoms with E-state index >= 15 is 0 Å². The van der Waals surface area contributed by atoms with Crippen molar-refractivity contribution in [2.24, 2.45) is 9.98 Å². The highest BCUT2D eigenvalue weighted by atomic mass is 14.9. The first-order valence-corrected chi connectivity index (χ1v) is 8.58. The maximum Gasteiger partial charge on any atom is 0.0892 e. The molecule has 0 fully saturated rings. The molecule has 0 N–H and O–H groups in total. The fourth-order valence-corrected chi connectivity index (χ4v) is 3.09. The summed E-state index contributed by atoms with van der Waals surface area (Å²) in [6, 6.07) is 25.1. The highest BCUT2D eigenvalue weighted by Crippen LogP contribution is 2.35. The highest BCUT2D eigenvalue weighted by Gasteiger charge is 2.17. The van der Waals surface area contributed by atoms with Gasteiger partial charge in [0.2, 0.25) is 0 Å². The first-order valence-electron chi connectivity index (χ1n) is 8.58. The molecule has 4 rings (SSSR count). The van der Waals surface area contributed by atoms with Crippen molar-refractivity contribution in [1.29, 1.82) is 0 Å². The minimum absolute atomic E-state index is 0.723. The quantitative estimate of drug-likeness (QED) is 0.556. The molecule has 2 heteroatoms. The molecule has 0 atom stereocenters. The molecule has 0 unspecified atom stereocenters. The van der Waals surface area contributed by atoms with E-state index in [1.807, 2.05) is 12.1 Å². The van der Waals surface area contributed by atoms with Crippen LogP contribution in [0, 0.1) is 13.8 Å². The molecule has 0 saturated carbocycles. The van der Waals surface area contributed by atoms with Crippen molar-refractivity contribution < 1.29 is 0 Å². The molecule has 0 aliphatic carbocycles. The lowest BCUT2D eigenvalue weighted by Gasteiger charge is -2.07. The highest BCUT2D eigenvalue weighted by molar-refractivity contribution is 6.20. The van der Waals surface area contributed by atoms with Gasteiger partial charge in [-0.05, 0) is 48.2 Å². The van der Waals surface area contributed by atoms with Crippen molar-refractivity contribution in [3.63, 3.8) is 0 Å². The molecule has 0 spiro atoms. The molecule has 3 aromatic carbocycles. The van der Waals surface area contributed by atoms with Gasteiger partial charge in [0, 0.05) is 6.42 Å². The van der Waals surface area contributed by atoms with Crippen LogP contribution in [-0.4, -0.2) is 11.4 Å². The third-order valence-corrected chi connectivity index (χ3v) is 4.65. The SMILES string of the molecule is Cc1cc2c(cc1C)N=C(c1ccccc1)CC(c1ccccc1)=N2. The standard InChI is InChI=1S/C23H20N2/c1-16-13-22-23(14-17(16)2)25-21(19-11-7-4-8-12-19)15-20(24-22)18-9-5-3-6-10-18/h3-14H,15H2,1-2H3. The fourth-order valence-electron chi connectivity index (χ4n) is 3.09. The first-order chi connectivity index (χ1) is 12.2. The number of aryl methyl sites for hydroxylation is 2. The zero-order valence-corrected chi connectivity index (χ0v) is 14.5. The Kier molecular flexibility index (Phi) is 4.02. The zero-order chi connectivity index (χ0) is 17.2. The van der Waals surface area contributed by atoms with E-state index in [0.717, 1.165) is 40.3 Å². The predicted molar refractivity (Wildman–Crippen MR) is 106 cm³/mol. The average molecular weight is 324 g/mol. The summed E-state index contributed by atoms with van der Waals surface area (Å²) in [5, 5.41) is 0. The lowest BCUT2D eigenvalue weighted by atomic mass is 10.00. The van der Waals surface area contributed by atoms with Crippen molar-refractivity contribution in [2.45, 2.75) is 20.3 Å². The first kappa shape index (κ1) is 15.5. The van der Waals surface area contributed by atoms with E-state index in [-0.39, 0.29) is 0 Å². The molecule has 1 heterocycles. The third kappa shape index (κ3) is 3.16. The second-order valence-corrected chi connectivity index (χ2v) is 6.45. The second kappa shape index (κ2) is 6.48. The van der Waals surface area contributed by atoms with Gasteiger partial charge in [-0.1, -0.05) is 60.7 Å². The number of benzene rings is 3. The number of fused-ring (bicyclic) bond motifs is 1. The summed E-state index contributed by atoms with van der Waals surface area (Å²) >= 11 is 0. The molecule has 2 nitrogen and oxygen atoms in total. The Morgan fingerprint density at radius 2 is 1.00 bits per heavy atom. The molecule has 0 radical (unpaired) electrons. The maximum atomic E-state index is 4.99. The van der Waals surface area contributed by atoms with Crippen molar-refractivity contribution in [3.8, 4) is 0 Å². The molecule has 0 amide bonds. The Balaban J connectivity index is 1.92. The topological polar surface area (TPSA) is 24.7 Å². The minimum Gasteiger partial charge on any atom is -0.250 e. The van der Waals surface area contributed by atoms with Gasteiger partial charge in [-0.15, -0.1) is 0 Å². The van der Waals surface area contributed by atoms with Crippen molar-refractivity contribution in [2.75, 3.05) is 0 Å². The van der Waals surface area contributed by atoms with Gasteiger partial charge in [-0.25, -0.2) is 0 Å². The van der Waals surface area contributed by atoms with Gasteiger partial charge in [-0.2, -0.15) is 0 Å². The van der Waals surface area contributed by atoms with Crippen LogP contribution in [-0.2, 0) is 0 Å². The monoisotopic (exact) mass is 324 g/mol. The Hall–Kier alpha value is -3.00. The number of rotatable bonds is 2. The van der Waals surface area contributed by atoms with E-state index in [4.69, 9.17) is 9.98 Å². The Bertz CT molecular complexity index is 887. The third-order valence-electron chi connectivity index (χ3n) is 4.65. The molecular formula is C23H20N2. The molecule has 0 saturated heterocycles. The molecule has 3 aromatic rings. The largest absolute Gasteiger partial charge is 0.250 e. The lowest BCUT2D eigenvalue weighted by molar-refractivity contribution is 1.31. The second-order valence-electron chi connectivity index (χ2n) is 6.45. The van der Waals surface area contributed by atoms with Gasteiger partial charge < -0.3 is 0 Å². The number of hydrogen-bond acceptors (Lipinski definition) is 2. The smallest absolute Gasteiger partial charge is 0.0892 e. The van der Waals surface area contributed by atoms with Crippen LogP contribution in [0.2, 0.25) is 0 Å². The van der Waals surface area contributed by atoms with Gasteiger partial charge in [-0.3, -0.25) is 9.98 Å². The zero-order valence-electron chi connectivity index (χ0n) is 14.5. The Labute approximate surface area is 148 Å². The van der Waals surface area contributed by atoms with Gasteiger partial charge >= 0.3 is 0 Å². The molecule has 122 valence electrons. The molecule has 0 bridgehead atoms. The van der Waals surface area contributed by atoms with Crippen LogP contribution in [0.3, 0.4) is 0 Å². The molecule has 25 heavy (non-hydrogen) atoms. The molecular weight excluding hydrogens is 304 g/mol. The van der Waals surface area contributed by atoms with E-state index in [2.05, 4.69) is 74.5 Å². The summed E-state index contributed by atoms with van der Waals surface area (Å²) in [5.41, 5.74) is 8.81. The molecule has 1 aliphatic heterocycles. The van der Waals surface area contributed by atoms with Crippen molar-refractivity contribution in [1.82, 2.24) is 0 Å². The van der Waals surface area contributed by atoms with E-state index < -0.39 is 0 Å². The van der Waals surface area contributed by atoms with Crippen LogP contribution >= 0.6 is 0 Å². The van der Waals surface area contributed by atoms with E-state index in [1.165, 1.54) is 11.1 Å². The van der Waals surface area contributed by atoms with E-state index in [0.29, 0.717) is 0 Å². The van der Waals surface area contributed by atoms with Crippen LogP contribution < -0.4 is 0 Å². The van der Waals surface area contributed by atoms with Gasteiger partial charge in [0.25, 0.3) is 0 Å². The van der Waals surface area contributed by atoms with Gasteiger partial charge in [0.15, 0.2) is 0 Å². The Morgan fingerprint density at radius 1 is 0.600 bits per heavy atom. The van der Waals surface area contributed by atoms with Gasteiger partial charge in [0.05, 0.1) is 22.8 Å². The summed E-state index contributed by atoms with van der Waals surface area (Å²) in [5.74, 6) is 0. The number of nitrogens with zero attached hydrogens (tertiary/aromatic N) is 2. The van der Waals surface area contributed by atoms with Crippen LogP contribution in [0.5, 0.6) is 0 Å². The number of hydrogen-bond donors (Lipinski definition) is 0. The summed E-state index contributed by atoms with van der Waals surface area (Å²) in [7, 11) is 0. The fraction of sp³-hybridized carbons (Fsp3) is 0.130. The van der Waals surface area contributed by atoms with Crippen LogP contribution in [0.25, 0.3) is 0 Å². The van der Waals surface area contributed by atoms with E-state index in [1.54, 1.807) is 0 Å². The molecule has 1 aliphatic rings. The lowest BCUT2D eigenvalue weighted by Crippen LogP contribution is -2.09. The maximum absolute atomic E-state index is 4.99. The Morgan fingerprint density at radius 3 is 1.40 bits per heavy atom. The van der Waals surface area contributed by atoms with Crippen LogP contribution in [0.1, 0.15) is 28.7 Å². The van der Waals surface area contributed by atoms with Crippen molar-refractivity contribution in [3.05, 3.63) is 95.1 Å². The summed E-state index contributed by atoms with van der Waals surface area (Å²) < 4.78 is 0. The average Bonchev–Trinajstić information content (AvgIpc) is 2.83. The summed E-state index contributed by atoms with van der Waals surface area (Å²) in [6.07, 6.45) is 0.723. The van der Waals surface area contributed by atoms with Gasteiger partial charge in [0.1, 0.15) is 0 Å². The summed E-state index contributed by atoms with van der Waals surface area (Å²) in [6.45, 7) is 4.25. The molecule has 0 aromatic heterocycles. The van der Waals surface area contributed by atoms with Crippen LogP contribution in [0.15, 0.2) is 82.8 Å². The summed E-state index contributed by atoms with van der Waals surface area (Å²) in [4.78, 5) is 9.98. The number of aliphatic imine (C=N–C) groups is 2. The van der Waals surface area contributed by atoms with Crippen LogP contribution in [0.4, 0.5) is 11.4 Å².